The molecule has 0 spiro atoms. The summed E-state index contributed by atoms with van der Waals surface area (Å²) in [7, 11) is 3.50. The van der Waals surface area contributed by atoms with Crippen LogP contribution in [-0.4, -0.2) is 81.4 Å². The molecular weight excluding hydrogens is 394 g/mol. The maximum Gasteiger partial charge on any atom is 0.409 e. The molecule has 2 aliphatic rings. The quantitative estimate of drug-likeness (QED) is 0.510. The second-order valence-electron chi connectivity index (χ2n) is 8.09. The van der Waals surface area contributed by atoms with Crippen LogP contribution in [0, 0.1) is 0 Å². The van der Waals surface area contributed by atoms with E-state index in [0.29, 0.717) is 25.7 Å². The highest BCUT2D eigenvalue weighted by Crippen LogP contribution is 2.26. The van der Waals surface area contributed by atoms with Crippen molar-refractivity contribution in [1.29, 1.82) is 0 Å². The van der Waals surface area contributed by atoms with E-state index in [-0.39, 0.29) is 12.1 Å². The average molecular weight is 432 g/mol. The third-order valence-electron chi connectivity index (χ3n) is 6.13. The molecule has 31 heavy (non-hydrogen) atoms. The molecule has 0 radical (unpaired) electrons. The largest absolute Gasteiger partial charge is 0.497 e. The summed E-state index contributed by atoms with van der Waals surface area (Å²) in [6.45, 7) is 6.69. The maximum atomic E-state index is 11.9. The van der Waals surface area contributed by atoms with Crippen molar-refractivity contribution in [2.24, 2.45) is 4.99 Å². The first-order valence-electron chi connectivity index (χ1n) is 11.4. The minimum Gasteiger partial charge on any atom is -0.497 e. The molecule has 0 aromatic heterocycles. The number of amides is 1. The van der Waals surface area contributed by atoms with Gasteiger partial charge in [0.05, 0.1) is 19.8 Å². The van der Waals surface area contributed by atoms with E-state index in [2.05, 4.69) is 32.7 Å². The molecule has 2 N–H and O–H groups in total. The van der Waals surface area contributed by atoms with Crippen molar-refractivity contribution in [2.45, 2.75) is 44.7 Å². The summed E-state index contributed by atoms with van der Waals surface area (Å²) in [5.74, 6) is 1.69. The van der Waals surface area contributed by atoms with Crippen molar-refractivity contribution in [3.05, 3.63) is 29.8 Å². The molecule has 1 aromatic carbocycles. The van der Waals surface area contributed by atoms with Crippen LogP contribution < -0.4 is 15.4 Å². The minimum absolute atomic E-state index is 0.212. The Balaban J connectivity index is 1.54. The first kappa shape index (κ1) is 23.2. The van der Waals surface area contributed by atoms with Gasteiger partial charge in [-0.15, -0.1) is 0 Å². The van der Waals surface area contributed by atoms with Crippen LogP contribution in [-0.2, 0) is 4.74 Å². The fourth-order valence-corrected chi connectivity index (χ4v) is 4.34. The third-order valence-corrected chi connectivity index (χ3v) is 6.13. The monoisotopic (exact) mass is 431 g/mol. The number of aliphatic imine (C=N–C) groups is 1. The summed E-state index contributed by atoms with van der Waals surface area (Å²) in [5, 5.41) is 7.07. The highest BCUT2D eigenvalue weighted by Gasteiger charge is 2.26. The Kier molecular flexibility index (Phi) is 8.82. The van der Waals surface area contributed by atoms with Gasteiger partial charge in [-0.3, -0.25) is 9.89 Å². The molecular formula is C23H37N5O3. The summed E-state index contributed by atoms with van der Waals surface area (Å²) >= 11 is 0. The van der Waals surface area contributed by atoms with Gasteiger partial charge in [0.15, 0.2) is 5.96 Å². The lowest BCUT2D eigenvalue weighted by atomic mass is 10.0. The van der Waals surface area contributed by atoms with Gasteiger partial charge in [0, 0.05) is 32.7 Å². The molecule has 8 heteroatoms. The van der Waals surface area contributed by atoms with Crippen molar-refractivity contribution >= 4 is 12.1 Å². The number of guanidine groups is 1. The summed E-state index contributed by atoms with van der Waals surface area (Å²) in [4.78, 5) is 20.7. The van der Waals surface area contributed by atoms with Gasteiger partial charge in [-0.2, -0.15) is 0 Å². The van der Waals surface area contributed by atoms with E-state index in [0.717, 1.165) is 44.2 Å². The summed E-state index contributed by atoms with van der Waals surface area (Å²) < 4.78 is 10.4. The van der Waals surface area contributed by atoms with E-state index in [1.807, 2.05) is 19.1 Å². The van der Waals surface area contributed by atoms with Crippen LogP contribution in [0.15, 0.2) is 29.3 Å². The number of nitrogens with one attached hydrogen (secondary N) is 2. The standard InChI is InChI=1S/C23H37N5O3/c1-4-31-23(29)28-15-11-19(12-16-28)26-22(24-2)25-17-21(27-13-5-6-14-27)18-7-9-20(30-3)10-8-18/h7-10,19,21H,4-6,11-17H2,1-3H3,(H2,24,25,26). The lowest BCUT2D eigenvalue weighted by molar-refractivity contribution is 0.0963. The molecule has 0 aliphatic carbocycles. The van der Waals surface area contributed by atoms with Crippen molar-refractivity contribution in [1.82, 2.24) is 20.4 Å². The number of nitrogens with zero attached hydrogens (tertiary/aromatic N) is 3. The molecule has 0 bridgehead atoms. The molecule has 2 heterocycles. The molecule has 1 unspecified atom stereocenters. The maximum absolute atomic E-state index is 11.9. The molecule has 1 aromatic rings. The van der Waals surface area contributed by atoms with E-state index >= 15 is 0 Å². The Bertz CT molecular complexity index is 710. The van der Waals surface area contributed by atoms with Crippen LogP contribution >= 0.6 is 0 Å². The lowest BCUT2D eigenvalue weighted by Gasteiger charge is -2.33. The molecule has 2 fully saturated rings. The number of hydrogen-bond acceptors (Lipinski definition) is 5. The highest BCUT2D eigenvalue weighted by atomic mass is 16.6. The number of likely N-dealkylation sites (tertiary alicyclic amines) is 2. The first-order chi connectivity index (χ1) is 15.1. The predicted octanol–water partition coefficient (Wildman–Crippen LogP) is 2.62. The van der Waals surface area contributed by atoms with Gasteiger partial charge in [-0.1, -0.05) is 12.1 Å². The third kappa shape index (κ3) is 6.50. The van der Waals surface area contributed by atoms with Gasteiger partial charge >= 0.3 is 6.09 Å². The fourth-order valence-electron chi connectivity index (χ4n) is 4.34. The number of benzene rings is 1. The van der Waals surface area contributed by atoms with Crippen LogP contribution in [0.1, 0.15) is 44.2 Å². The van der Waals surface area contributed by atoms with Crippen molar-refractivity contribution in [2.75, 3.05) is 53.5 Å². The van der Waals surface area contributed by atoms with Crippen LogP contribution in [0.3, 0.4) is 0 Å². The Morgan fingerprint density at radius 2 is 1.84 bits per heavy atom. The summed E-state index contributed by atoms with van der Waals surface area (Å²) in [5.41, 5.74) is 1.29. The van der Waals surface area contributed by atoms with Gasteiger partial charge in [0.2, 0.25) is 0 Å². The summed E-state index contributed by atoms with van der Waals surface area (Å²) in [6.07, 6.45) is 4.05. The fraction of sp³-hybridized carbons (Fsp3) is 0.652. The SMILES string of the molecule is CCOC(=O)N1CCC(NC(=NC)NCC(c2ccc(OC)cc2)N2CCCC2)CC1. The molecule has 2 aliphatic heterocycles. The average Bonchev–Trinajstić information content (AvgIpc) is 3.34. The lowest BCUT2D eigenvalue weighted by Crippen LogP contribution is -2.51. The zero-order valence-electron chi connectivity index (χ0n) is 19.1. The first-order valence-corrected chi connectivity index (χ1v) is 11.4. The minimum atomic E-state index is -0.212. The predicted molar refractivity (Wildman–Crippen MR) is 123 cm³/mol. The zero-order valence-corrected chi connectivity index (χ0v) is 19.1. The van der Waals surface area contributed by atoms with Gasteiger partial charge in [-0.25, -0.2) is 4.79 Å². The van der Waals surface area contributed by atoms with Crippen LogP contribution in [0.2, 0.25) is 0 Å². The van der Waals surface area contributed by atoms with E-state index in [1.165, 1.54) is 18.4 Å². The van der Waals surface area contributed by atoms with E-state index in [4.69, 9.17) is 9.47 Å². The number of carbonyl (C=O) groups is 1. The topological polar surface area (TPSA) is 78.4 Å². The van der Waals surface area contributed by atoms with E-state index < -0.39 is 0 Å². The van der Waals surface area contributed by atoms with Crippen LogP contribution in [0.25, 0.3) is 0 Å². The van der Waals surface area contributed by atoms with Crippen molar-refractivity contribution < 1.29 is 14.3 Å². The number of rotatable bonds is 7. The Hall–Kier alpha value is -2.48. The Morgan fingerprint density at radius 3 is 2.42 bits per heavy atom. The highest BCUT2D eigenvalue weighted by molar-refractivity contribution is 5.80. The van der Waals surface area contributed by atoms with Crippen molar-refractivity contribution in [3.8, 4) is 5.75 Å². The number of carbonyl (C=O) groups excluding carboxylic acids is 1. The van der Waals surface area contributed by atoms with Gasteiger partial charge < -0.3 is 25.0 Å². The molecule has 0 saturated carbocycles. The second-order valence-corrected chi connectivity index (χ2v) is 8.09. The number of ether oxygens (including phenoxy) is 2. The van der Waals surface area contributed by atoms with Gasteiger partial charge in [0.1, 0.15) is 5.75 Å². The summed E-state index contributed by atoms with van der Waals surface area (Å²) in [6, 6.07) is 8.96. The number of piperidine rings is 1. The van der Waals surface area contributed by atoms with Crippen LogP contribution in [0.4, 0.5) is 4.79 Å². The van der Waals surface area contributed by atoms with E-state index in [1.54, 1.807) is 19.1 Å². The smallest absolute Gasteiger partial charge is 0.409 e. The van der Waals surface area contributed by atoms with Crippen molar-refractivity contribution in [3.63, 3.8) is 0 Å². The van der Waals surface area contributed by atoms with Gasteiger partial charge in [-0.05, 0) is 63.4 Å². The van der Waals surface area contributed by atoms with Crippen LogP contribution in [0.5, 0.6) is 5.75 Å². The number of methoxy groups -OCH3 is 1. The molecule has 8 nitrogen and oxygen atoms in total. The van der Waals surface area contributed by atoms with E-state index in [9.17, 15) is 4.79 Å². The Morgan fingerprint density at radius 1 is 1.16 bits per heavy atom. The van der Waals surface area contributed by atoms with Gasteiger partial charge in [0.25, 0.3) is 0 Å². The normalized spacial score (nSPS) is 19.2. The molecule has 1 amide bonds. The second kappa shape index (κ2) is 11.8. The molecule has 2 saturated heterocycles. The molecule has 3 rings (SSSR count). The Labute approximate surface area is 186 Å². The zero-order chi connectivity index (χ0) is 22.1. The molecule has 1 atom stereocenters. The molecule has 172 valence electrons. The number of hydrogen-bond donors (Lipinski definition) is 2.